The SMILES string of the molecule is CC(C)C(=O)N1CCN(c2ccccc2NC(=S)NC(=O)c2ccc(Cl)cc2)CC1. The van der Waals surface area contributed by atoms with Crippen LogP contribution in [0, 0.1) is 5.92 Å². The van der Waals surface area contributed by atoms with Crippen LogP contribution in [0.2, 0.25) is 5.02 Å². The summed E-state index contributed by atoms with van der Waals surface area (Å²) in [5.74, 6) is -0.110. The Morgan fingerprint density at radius 2 is 1.63 bits per heavy atom. The smallest absolute Gasteiger partial charge is 0.257 e. The fourth-order valence-electron chi connectivity index (χ4n) is 3.32. The van der Waals surface area contributed by atoms with Crippen molar-refractivity contribution in [1.82, 2.24) is 10.2 Å². The average molecular weight is 445 g/mol. The first-order valence-corrected chi connectivity index (χ1v) is 10.6. The van der Waals surface area contributed by atoms with Gasteiger partial charge < -0.3 is 15.1 Å². The first-order chi connectivity index (χ1) is 14.3. The summed E-state index contributed by atoms with van der Waals surface area (Å²) in [6, 6.07) is 14.4. The van der Waals surface area contributed by atoms with E-state index in [1.54, 1.807) is 24.3 Å². The molecule has 0 radical (unpaired) electrons. The summed E-state index contributed by atoms with van der Waals surface area (Å²) < 4.78 is 0. The Kier molecular flexibility index (Phi) is 7.29. The van der Waals surface area contributed by atoms with Gasteiger partial charge in [-0.3, -0.25) is 14.9 Å². The van der Waals surface area contributed by atoms with Crippen molar-refractivity contribution >= 4 is 52.1 Å². The van der Waals surface area contributed by atoms with E-state index in [2.05, 4.69) is 15.5 Å². The van der Waals surface area contributed by atoms with Gasteiger partial charge in [0.05, 0.1) is 11.4 Å². The summed E-state index contributed by atoms with van der Waals surface area (Å²) in [5.41, 5.74) is 2.27. The number of rotatable bonds is 4. The number of carbonyl (C=O) groups excluding carboxylic acids is 2. The van der Waals surface area contributed by atoms with Gasteiger partial charge in [-0.15, -0.1) is 0 Å². The first-order valence-electron chi connectivity index (χ1n) is 9.86. The van der Waals surface area contributed by atoms with Crippen LogP contribution in [0.3, 0.4) is 0 Å². The van der Waals surface area contributed by atoms with Gasteiger partial charge in [-0.2, -0.15) is 0 Å². The second-order valence-corrected chi connectivity index (χ2v) is 8.24. The molecule has 0 saturated carbocycles. The minimum Gasteiger partial charge on any atom is -0.366 e. The third-order valence-electron chi connectivity index (χ3n) is 4.91. The molecule has 2 N–H and O–H groups in total. The second-order valence-electron chi connectivity index (χ2n) is 7.40. The molecule has 0 atom stereocenters. The summed E-state index contributed by atoms with van der Waals surface area (Å²) in [6.07, 6.45) is 0. The maximum absolute atomic E-state index is 12.4. The van der Waals surface area contributed by atoms with E-state index in [0.717, 1.165) is 24.5 Å². The van der Waals surface area contributed by atoms with Crippen molar-refractivity contribution in [2.45, 2.75) is 13.8 Å². The molecule has 0 aromatic heterocycles. The number of anilines is 2. The zero-order chi connectivity index (χ0) is 21.7. The molecule has 1 aliphatic heterocycles. The molecule has 1 fully saturated rings. The zero-order valence-electron chi connectivity index (χ0n) is 17.0. The normalized spacial score (nSPS) is 13.9. The van der Waals surface area contributed by atoms with Crippen molar-refractivity contribution in [2.24, 2.45) is 5.92 Å². The van der Waals surface area contributed by atoms with E-state index < -0.39 is 0 Å². The summed E-state index contributed by atoms with van der Waals surface area (Å²) in [7, 11) is 0. The third kappa shape index (κ3) is 5.49. The number of para-hydroxylation sites is 2. The molecule has 6 nitrogen and oxygen atoms in total. The molecule has 1 aliphatic rings. The number of nitrogens with zero attached hydrogens (tertiary/aromatic N) is 2. The fourth-order valence-corrected chi connectivity index (χ4v) is 3.65. The maximum Gasteiger partial charge on any atom is 0.257 e. The molecule has 158 valence electrons. The van der Waals surface area contributed by atoms with Crippen LogP contribution in [-0.2, 0) is 4.79 Å². The largest absolute Gasteiger partial charge is 0.366 e. The molecule has 8 heteroatoms. The molecule has 2 aromatic rings. The molecule has 2 aromatic carbocycles. The maximum atomic E-state index is 12.4. The highest BCUT2D eigenvalue weighted by atomic mass is 35.5. The molecule has 1 heterocycles. The van der Waals surface area contributed by atoms with E-state index in [-0.39, 0.29) is 22.8 Å². The Morgan fingerprint density at radius 1 is 1.00 bits per heavy atom. The molecule has 1 saturated heterocycles. The van der Waals surface area contributed by atoms with Crippen LogP contribution in [0.15, 0.2) is 48.5 Å². The standard InChI is InChI=1S/C22H25ClN4O2S/c1-15(2)21(29)27-13-11-26(12-14-27)19-6-4-3-5-18(19)24-22(30)25-20(28)16-7-9-17(23)10-8-16/h3-10,15H,11-14H2,1-2H3,(H2,24,25,28,30). The van der Waals surface area contributed by atoms with Crippen molar-refractivity contribution in [3.63, 3.8) is 0 Å². The summed E-state index contributed by atoms with van der Waals surface area (Å²) in [4.78, 5) is 28.7. The van der Waals surface area contributed by atoms with E-state index in [4.69, 9.17) is 23.8 Å². The fraction of sp³-hybridized carbons (Fsp3) is 0.318. The van der Waals surface area contributed by atoms with E-state index in [1.165, 1.54) is 0 Å². The van der Waals surface area contributed by atoms with Crippen LogP contribution in [-0.4, -0.2) is 48.0 Å². The van der Waals surface area contributed by atoms with Crippen LogP contribution in [0.4, 0.5) is 11.4 Å². The summed E-state index contributed by atoms with van der Waals surface area (Å²) >= 11 is 11.2. The minimum absolute atomic E-state index is 0.00660. The Bertz CT molecular complexity index is 925. The van der Waals surface area contributed by atoms with Crippen LogP contribution in [0.1, 0.15) is 24.2 Å². The van der Waals surface area contributed by atoms with Gasteiger partial charge in [0.1, 0.15) is 0 Å². The van der Waals surface area contributed by atoms with E-state index >= 15 is 0 Å². The number of carbonyl (C=O) groups is 2. The van der Waals surface area contributed by atoms with Crippen molar-refractivity contribution in [3.8, 4) is 0 Å². The average Bonchev–Trinajstić information content (AvgIpc) is 2.74. The third-order valence-corrected chi connectivity index (χ3v) is 5.37. The van der Waals surface area contributed by atoms with Crippen molar-refractivity contribution < 1.29 is 9.59 Å². The van der Waals surface area contributed by atoms with Crippen LogP contribution < -0.4 is 15.5 Å². The van der Waals surface area contributed by atoms with Gasteiger partial charge >= 0.3 is 0 Å². The van der Waals surface area contributed by atoms with Gasteiger partial charge in [-0.05, 0) is 48.6 Å². The monoisotopic (exact) mass is 444 g/mol. The van der Waals surface area contributed by atoms with Gasteiger partial charge in [0.2, 0.25) is 5.91 Å². The number of benzene rings is 2. The predicted octanol–water partition coefficient (Wildman–Crippen LogP) is 3.77. The Hall–Kier alpha value is -2.64. The Labute approximate surface area is 187 Å². The quantitative estimate of drug-likeness (QED) is 0.703. The van der Waals surface area contributed by atoms with Crippen molar-refractivity contribution in [2.75, 3.05) is 36.4 Å². The highest BCUT2D eigenvalue weighted by Crippen LogP contribution is 2.27. The molecule has 0 aliphatic carbocycles. The second kappa shape index (κ2) is 9.91. The van der Waals surface area contributed by atoms with Gasteiger partial charge in [-0.1, -0.05) is 37.6 Å². The van der Waals surface area contributed by atoms with Gasteiger partial charge in [0.25, 0.3) is 5.91 Å². The number of hydrogen-bond acceptors (Lipinski definition) is 4. The number of halogens is 1. The first kappa shape index (κ1) is 22.1. The topological polar surface area (TPSA) is 64.7 Å². The molecular weight excluding hydrogens is 420 g/mol. The molecule has 30 heavy (non-hydrogen) atoms. The predicted molar refractivity (Wildman–Crippen MR) is 125 cm³/mol. The van der Waals surface area contributed by atoms with Gasteiger partial charge in [0, 0.05) is 42.7 Å². The number of piperazine rings is 1. The molecule has 0 bridgehead atoms. The Morgan fingerprint density at radius 3 is 2.27 bits per heavy atom. The highest BCUT2D eigenvalue weighted by molar-refractivity contribution is 7.80. The number of amides is 2. The summed E-state index contributed by atoms with van der Waals surface area (Å²) in [6.45, 7) is 6.69. The lowest BCUT2D eigenvalue weighted by Gasteiger charge is -2.37. The van der Waals surface area contributed by atoms with E-state index in [1.807, 2.05) is 43.0 Å². The van der Waals surface area contributed by atoms with E-state index in [0.29, 0.717) is 23.7 Å². The lowest BCUT2D eigenvalue weighted by atomic mass is 10.1. The van der Waals surface area contributed by atoms with Crippen LogP contribution in [0.25, 0.3) is 0 Å². The van der Waals surface area contributed by atoms with Crippen molar-refractivity contribution in [1.29, 1.82) is 0 Å². The van der Waals surface area contributed by atoms with Crippen LogP contribution >= 0.6 is 23.8 Å². The zero-order valence-corrected chi connectivity index (χ0v) is 18.6. The molecule has 0 unspecified atom stereocenters. The van der Waals surface area contributed by atoms with E-state index in [9.17, 15) is 9.59 Å². The number of hydrogen-bond donors (Lipinski definition) is 2. The minimum atomic E-state index is -0.303. The lowest BCUT2D eigenvalue weighted by Crippen LogP contribution is -2.50. The molecule has 3 rings (SSSR count). The summed E-state index contributed by atoms with van der Waals surface area (Å²) in [5, 5.41) is 6.60. The highest BCUT2D eigenvalue weighted by Gasteiger charge is 2.24. The lowest BCUT2D eigenvalue weighted by molar-refractivity contribution is -0.134. The Balaban J connectivity index is 1.63. The van der Waals surface area contributed by atoms with Gasteiger partial charge in [-0.25, -0.2) is 0 Å². The van der Waals surface area contributed by atoms with Crippen LogP contribution in [0.5, 0.6) is 0 Å². The van der Waals surface area contributed by atoms with Gasteiger partial charge in [0.15, 0.2) is 5.11 Å². The number of nitrogens with one attached hydrogen (secondary N) is 2. The number of thiocarbonyl (C=S) groups is 1. The molecule has 0 spiro atoms. The molecular formula is C22H25ClN4O2S. The van der Waals surface area contributed by atoms with Crippen molar-refractivity contribution in [3.05, 3.63) is 59.1 Å². The molecule has 2 amide bonds.